The second kappa shape index (κ2) is 2.62. The monoisotopic (exact) mass is 153 g/mol. The molecule has 0 aromatic carbocycles. The Bertz CT molecular complexity index is 242. The number of hydrogen-bond donors (Lipinski definition) is 1. The fourth-order valence-electron chi connectivity index (χ4n) is 1.07. The molecule has 0 radical (unpaired) electrons. The predicted octanol–water partition coefficient (Wildman–Crippen LogP) is 0.180. The summed E-state index contributed by atoms with van der Waals surface area (Å²) >= 11 is 0. The highest BCUT2D eigenvalue weighted by Gasteiger charge is 2.22. The largest absolute Gasteiger partial charge is 0.390 e. The Morgan fingerprint density at radius 1 is 1.64 bits per heavy atom. The molecule has 1 fully saturated rings. The number of rotatable bonds is 3. The lowest BCUT2D eigenvalue weighted by atomic mass is 10.4. The standard InChI is InChI=1S/C7H11N3O/c11-5-7-4-10(9-8-7)3-6-1-2-6/h4,6,11H,1-3,5H2. The average Bonchev–Trinajstić information content (AvgIpc) is 2.68. The van der Waals surface area contributed by atoms with E-state index in [2.05, 4.69) is 10.3 Å². The molecule has 1 saturated carbocycles. The molecule has 0 amide bonds. The maximum atomic E-state index is 8.68. The maximum absolute atomic E-state index is 8.68. The van der Waals surface area contributed by atoms with E-state index in [-0.39, 0.29) is 6.61 Å². The molecule has 60 valence electrons. The van der Waals surface area contributed by atoms with Gasteiger partial charge in [-0.25, -0.2) is 0 Å². The first-order valence-corrected chi connectivity index (χ1v) is 3.88. The maximum Gasteiger partial charge on any atom is 0.108 e. The minimum absolute atomic E-state index is 0.00926. The van der Waals surface area contributed by atoms with E-state index in [1.54, 1.807) is 6.20 Å². The highest BCUT2D eigenvalue weighted by molar-refractivity contribution is 4.89. The lowest BCUT2D eigenvalue weighted by Gasteiger charge is -1.93. The second-order valence-corrected chi connectivity index (χ2v) is 3.03. The van der Waals surface area contributed by atoms with Crippen LogP contribution >= 0.6 is 0 Å². The summed E-state index contributed by atoms with van der Waals surface area (Å²) in [7, 11) is 0. The number of aliphatic hydroxyl groups is 1. The molecule has 2 rings (SSSR count). The van der Waals surface area contributed by atoms with Crippen LogP contribution in [0, 0.1) is 5.92 Å². The Labute approximate surface area is 64.8 Å². The van der Waals surface area contributed by atoms with Gasteiger partial charge in [0.2, 0.25) is 0 Å². The van der Waals surface area contributed by atoms with Crippen molar-refractivity contribution in [3.8, 4) is 0 Å². The Balaban J connectivity index is 1.99. The van der Waals surface area contributed by atoms with Gasteiger partial charge < -0.3 is 5.11 Å². The average molecular weight is 153 g/mol. The molecule has 0 atom stereocenters. The molecular formula is C7H11N3O. The highest BCUT2D eigenvalue weighted by atomic mass is 16.3. The van der Waals surface area contributed by atoms with Crippen molar-refractivity contribution < 1.29 is 5.11 Å². The van der Waals surface area contributed by atoms with E-state index in [1.165, 1.54) is 12.8 Å². The van der Waals surface area contributed by atoms with Gasteiger partial charge in [0.1, 0.15) is 5.69 Å². The Morgan fingerprint density at radius 2 is 2.45 bits per heavy atom. The molecule has 1 aliphatic carbocycles. The van der Waals surface area contributed by atoms with Crippen molar-refractivity contribution in [3.05, 3.63) is 11.9 Å². The van der Waals surface area contributed by atoms with Crippen molar-refractivity contribution in [3.63, 3.8) is 0 Å². The summed E-state index contributed by atoms with van der Waals surface area (Å²) in [5, 5.41) is 16.3. The van der Waals surface area contributed by atoms with Crippen LogP contribution in [0.2, 0.25) is 0 Å². The third-order valence-corrected chi connectivity index (χ3v) is 1.89. The first kappa shape index (κ1) is 6.79. The van der Waals surface area contributed by atoms with Crippen molar-refractivity contribution in [1.82, 2.24) is 15.0 Å². The van der Waals surface area contributed by atoms with Gasteiger partial charge in [-0.3, -0.25) is 4.68 Å². The molecule has 11 heavy (non-hydrogen) atoms. The summed E-state index contributed by atoms with van der Waals surface area (Å²) in [5.74, 6) is 0.809. The zero-order chi connectivity index (χ0) is 7.68. The number of aromatic nitrogens is 3. The van der Waals surface area contributed by atoms with Gasteiger partial charge in [0.05, 0.1) is 12.8 Å². The first-order valence-electron chi connectivity index (χ1n) is 3.88. The molecule has 1 N–H and O–H groups in total. The van der Waals surface area contributed by atoms with Gasteiger partial charge in [-0.05, 0) is 18.8 Å². The lowest BCUT2D eigenvalue weighted by molar-refractivity contribution is 0.276. The molecular weight excluding hydrogens is 142 g/mol. The third-order valence-electron chi connectivity index (χ3n) is 1.89. The lowest BCUT2D eigenvalue weighted by Crippen LogP contribution is -1.99. The van der Waals surface area contributed by atoms with Crippen LogP contribution in [0.3, 0.4) is 0 Å². The molecule has 0 aliphatic heterocycles. The normalized spacial score (nSPS) is 17.2. The zero-order valence-corrected chi connectivity index (χ0v) is 6.27. The summed E-state index contributed by atoms with van der Waals surface area (Å²) in [6.45, 7) is 0.956. The SMILES string of the molecule is OCc1cn(CC2CC2)nn1. The van der Waals surface area contributed by atoms with Crippen molar-refractivity contribution in [1.29, 1.82) is 0 Å². The number of nitrogens with zero attached hydrogens (tertiary/aromatic N) is 3. The summed E-state index contributed by atoms with van der Waals surface area (Å²) in [4.78, 5) is 0. The van der Waals surface area contributed by atoms with Gasteiger partial charge in [0, 0.05) is 6.54 Å². The van der Waals surface area contributed by atoms with Crippen LogP contribution in [0.1, 0.15) is 18.5 Å². The Hall–Kier alpha value is -0.900. The molecule has 1 aromatic heterocycles. The van der Waals surface area contributed by atoms with Crippen LogP contribution in [0.25, 0.3) is 0 Å². The minimum Gasteiger partial charge on any atom is -0.390 e. The van der Waals surface area contributed by atoms with Crippen LogP contribution in [0.15, 0.2) is 6.20 Å². The molecule has 1 aliphatic rings. The zero-order valence-electron chi connectivity index (χ0n) is 6.27. The fourth-order valence-corrected chi connectivity index (χ4v) is 1.07. The van der Waals surface area contributed by atoms with Crippen molar-refractivity contribution in [2.24, 2.45) is 5.92 Å². The van der Waals surface area contributed by atoms with Crippen LogP contribution in [-0.2, 0) is 13.2 Å². The minimum atomic E-state index is -0.00926. The molecule has 0 unspecified atom stereocenters. The summed E-state index contributed by atoms with van der Waals surface area (Å²) < 4.78 is 1.81. The van der Waals surface area contributed by atoms with Gasteiger partial charge in [0.15, 0.2) is 0 Å². The van der Waals surface area contributed by atoms with E-state index in [4.69, 9.17) is 5.11 Å². The summed E-state index contributed by atoms with van der Waals surface area (Å²) in [6, 6.07) is 0. The van der Waals surface area contributed by atoms with Crippen molar-refractivity contribution in [2.75, 3.05) is 0 Å². The van der Waals surface area contributed by atoms with Gasteiger partial charge in [0.25, 0.3) is 0 Å². The van der Waals surface area contributed by atoms with E-state index >= 15 is 0 Å². The topological polar surface area (TPSA) is 50.9 Å². The van der Waals surface area contributed by atoms with Gasteiger partial charge in [-0.1, -0.05) is 5.21 Å². The van der Waals surface area contributed by atoms with E-state index in [0.717, 1.165) is 12.5 Å². The molecule has 0 bridgehead atoms. The van der Waals surface area contributed by atoms with Gasteiger partial charge in [-0.15, -0.1) is 5.10 Å². The van der Waals surface area contributed by atoms with Crippen molar-refractivity contribution in [2.45, 2.75) is 26.0 Å². The highest BCUT2D eigenvalue weighted by Crippen LogP contribution is 2.30. The molecule has 1 aromatic rings. The van der Waals surface area contributed by atoms with E-state index in [0.29, 0.717) is 5.69 Å². The van der Waals surface area contributed by atoms with E-state index < -0.39 is 0 Å². The molecule has 4 nitrogen and oxygen atoms in total. The van der Waals surface area contributed by atoms with Crippen LogP contribution in [0.5, 0.6) is 0 Å². The predicted molar refractivity (Wildman–Crippen MR) is 38.7 cm³/mol. The molecule has 4 heteroatoms. The van der Waals surface area contributed by atoms with Gasteiger partial charge >= 0.3 is 0 Å². The fraction of sp³-hybridized carbons (Fsp3) is 0.714. The summed E-state index contributed by atoms with van der Waals surface area (Å²) in [5.41, 5.74) is 0.658. The number of hydrogen-bond acceptors (Lipinski definition) is 3. The smallest absolute Gasteiger partial charge is 0.108 e. The Morgan fingerprint density at radius 3 is 3.00 bits per heavy atom. The quantitative estimate of drug-likeness (QED) is 0.674. The second-order valence-electron chi connectivity index (χ2n) is 3.03. The van der Waals surface area contributed by atoms with E-state index in [9.17, 15) is 0 Å². The van der Waals surface area contributed by atoms with E-state index in [1.807, 2.05) is 4.68 Å². The van der Waals surface area contributed by atoms with Crippen LogP contribution in [-0.4, -0.2) is 20.1 Å². The van der Waals surface area contributed by atoms with Crippen LogP contribution in [0.4, 0.5) is 0 Å². The third kappa shape index (κ3) is 1.57. The number of aliphatic hydroxyl groups excluding tert-OH is 1. The molecule has 1 heterocycles. The first-order chi connectivity index (χ1) is 5.38. The van der Waals surface area contributed by atoms with Crippen molar-refractivity contribution >= 4 is 0 Å². The summed E-state index contributed by atoms with van der Waals surface area (Å²) in [6.07, 6.45) is 4.43. The Kier molecular flexibility index (Phi) is 1.62. The molecule has 0 spiro atoms. The molecule has 0 saturated heterocycles. The van der Waals surface area contributed by atoms with Crippen LogP contribution < -0.4 is 0 Å². The van der Waals surface area contributed by atoms with Gasteiger partial charge in [-0.2, -0.15) is 0 Å².